The number of hydrogen-bond donors (Lipinski definition) is 1. The molecular formula is C30H39ClN8O2S. The summed E-state index contributed by atoms with van der Waals surface area (Å²) in [6, 6.07) is 5.97. The third-order valence-corrected chi connectivity index (χ3v) is 9.38. The molecule has 5 heterocycles. The van der Waals surface area contributed by atoms with Crippen LogP contribution < -0.4 is 5.32 Å². The van der Waals surface area contributed by atoms with E-state index in [2.05, 4.69) is 48.0 Å². The van der Waals surface area contributed by atoms with Crippen molar-refractivity contribution in [2.75, 3.05) is 56.9 Å². The van der Waals surface area contributed by atoms with E-state index in [-0.39, 0.29) is 12.2 Å². The minimum absolute atomic E-state index is 0.0721. The molecule has 1 unspecified atom stereocenters. The molecule has 2 aliphatic rings. The predicted molar refractivity (Wildman–Crippen MR) is 166 cm³/mol. The highest BCUT2D eigenvalue weighted by atomic mass is 35.5. The normalized spacial score (nSPS) is 18.0. The summed E-state index contributed by atoms with van der Waals surface area (Å²) in [5, 5.41) is 3.89. The van der Waals surface area contributed by atoms with Gasteiger partial charge >= 0.3 is 6.09 Å². The van der Waals surface area contributed by atoms with Crippen LogP contribution in [-0.2, 0) is 17.8 Å². The number of carbonyl (C=O) groups is 1. The van der Waals surface area contributed by atoms with Gasteiger partial charge in [0.25, 0.3) is 0 Å². The number of anilines is 1. The van der Waals surface area contributed by atoms with Crippen LogP contribution in [0.3, 0.4) is 0 Å². The van der Waals surface area contributed by atoms with Crippen molar-refractivity contribution < 1.29 is 9.53 Å². The van der Waals surface area contributed by atoms with Crippen LogP contribution in [-0.4, -0.2) is 98.4 Å². The zero-order valence-electron chi connectivity index (χ0n) is 24.6. The van der Waals surface area contributed by atoms with Crippen molar-refractivity contribution in [3.05, 3.63) is 70.2 Å². The lowest BCUT2D eigenvalue weighted by Gasteiger charge is -2.35. The molecule has 1 N–H and O–H groups in total. The van der Waals surface area contributed by atoms with Crippen LogP contribution in [0.1, 0.15) is 34.8 Å². The Bertz CT molecular complexity index is 1360. The molecule has 1 atom stereocenters. The molecule has 12 heteroatoms. The fourth-order valence-electron chi connectivity index (χ4n) is 5.34. The number of pyridine rings is 2. The number of rotatable bonds is 12. The number of thioether (sulfide) groups is 1. The van der Waals surface area contributed by atoms with E-state index in [1.165, 1.54) is 10.5 Å². The van der Waals surface area contributed by atoms with Gasteiger partial charge in [-0.05, 0) is 68.8 Å². The molecule has 3 aromatic heterocycles. The van der Waals surface area contributed by atoms with Gasteiger partial charge in [0, 0.05) is 62.8 Å². The number of cyclic esters (lactones) is 1. The average Bonchev–Trinajstić information content (AvgIpc) is 3.32. The van der Waals surface area contributed by atoms with E-state index in [0.29, 0.717) is 36.3 Å². The maximum atomic E-state index is 12.3. The van der Waals surface area contributed by atoms with E-state index in [1.807, 2.05) is 43.9 Å². The molecule has 5 rings (SSSR count). The molecule has 2 saturated heterocycles. The number of halogens is 1. The predicted octanol–water partition coefficient (Wildman–Crippen LogP) is 4.58. The summed E-state index contributed by atoms with van der Waals surface area (Å²) in [6.45, 7) is 13.6. The molecule has 10 nitrogen and oxygen atoms in total. The zero-order chi connectivity index (χ0) is 29.5. The summed E-state index contributed by atoms with van der Waals surface area (Å²) in [5.41, 5.74) is 4.02. The molecule has 42 heavy (non-hydrogen) atoms. The van der Waals surface area contributed by atoms with Gasteiger partial charge in [0.05, 0.1) is 24.5 Å². The van der Waals surface area contributed by atoms with Crippen molar-refractivity contribution in [2.24, 2.45) is 0 Å². The van der Waals surface area contributed by atoms with Crippen LogP contribution in [0.15, 0.2) is 41.7 Å². The van der Waals surface area contributed by atoms with Crippen LogP contribution in [0.5, 0.6) is 0 Å². The van der Waals surface area contributed by atoms with Crippen LogP contribution in [0.4, 0.5) is 10.6 Å². The highest BCUT2D eigenvalue weighted by molar-refractivity contribution is 7.99. The van der Waals surface area contributed by atoms with Crippen LogP contribution in [0.2, 0.25) is 5.02 Å². The minimum Gasteiger partial charge on any atom is -0.443 e. The van der Waals surface area contributed by atoms with Gasteiger partial charge in [-0.15, -0.1) is 11.8 Å². The lowest BCUT2D eigenvalue weighted by Crippen LogP contribution is -2.49. The maximum absolute atomic E-state index is 12.3. The van der Waals surface area contributed by atoms with E-state index >= 15 is 0 Å². The monoisotopic (exact) mass is 610 g/mol. The van der Waals surface area contributed by atoms with Crippen molar-refractivity contribution in [1.29, 1.82) is 0 Å². The summed E-state index contributed by atoms with van der Waals surface area (Å²) in [4.78, 5) is 37.7. The molecule has 3 aromatic rings. The van der Waals surface area contributed by atoms with E-state index in [0.717, 1.165) is 68.4 Å². The zero-order valence-corrected chi connectivity index (χ0v) is 26.1. The molecule has 2 aliphatic heterocycles. The van der Waals surface area contributed by atoms with Crippen molar-refractivity contribution in [1.82, 2.24) is 34.6 Å². The smallest absolute Gasteiger partial charge is 0.410 e. The third-order valence-electron chi connectivity index (χ3n) is 7.69. The van der Waals surface area contributed by atoms with E-state index in [9.17, 15) is 4.79 Å². The molecule has 0 saturated carbocycles. The fourth-order valence-corrected chi connectivity index (χ4v) is 6.47. The van der Waals surface area contributed by atoms with Crippen molar-refractivity contribution in [3.8, 4) is 0 Å². The molecular weight excluding hydrogens is 572 g/mol. The number of nitrogens with zero attached hydrogens (tertiary/aromatic N) is 7. The number of amides is 1. The standard InChI is InChI=1S/C30H39ClN8O2S/c1-21-26(17-34-29-28(31)22(2)35-23(3)36-29)33-10-7-27(21)42-16-4-11-37-12-14-38(15-13-37)19-25-20-39(30(40)41-25)18-24-5-8-32-9-6-24/h5-10,25H,4,11-20H2,1-3H3,(H,34,35,36). The Morgan fingerprint density at radius 1 is 1.05 bits per heavy atom. The van der Waals surface area contributed by atoms with Crippen molar-refractivity contribution in [2.45, 2.75) is 51.3 Å². The summed E-state index contributed by atoms with van der Waals surface area (Å²) in [6.07, 6.45) is 6.22. The average molecular weight is 611 g/mol. The number of aromatic nitrogens is 4. The lowest BCUT2D eigenvalue weighted by atomic mass is 10.2. The summed E-state index contributed by atoms with van der Waals surface area (Å²) in [5.74, 6) is 2.39. The van der Waals surface area contributed by atoms with Crippen molar-refractivity contribution >= 4 is 35.3 Å². The van der Waals surface area contributed by atoms with Crippen LogP contribution in [0.25, 0.3) is 0 Å². The van der Waals surface area contributed by atoms with Gasteiger partial charge in [-0.25, -0.2) is 14.8 Å². The van der Waals surface area contributed by atoms with Gasteiger partial charge in [0.15, 0.2) is 0 Å². The molecule has 2 fully saturated rings. The third kappa shape index (κ3) is 8.09. The molecule has 0 bridgehead atoms. The Morgan fingerprint density at radius 3 is 2.60 bits per heavy atom. The Balaban J connectivity index is 0.999. The van der Waals surface area contributed by atoms with Crippen LogP contribution >= 0.6 is 23.4 Å². The first-order valence-corrected chi connectivity index (χ1v) is 15.8. The first kappa shape index (κ1) is 30.5. The Hall–Kier alpha value is -2.99. The van der Waals surface area contributed by atoms with Gasteiger partial charge < -0.3 is 19.9 Å². The lowest BCUT2D eigenvalue weighted by molar-refractivity contribution is 0.0767. The highest BCUT2D eigenvalue weighted by Gasteiger charge is 2.33. The van der Waals surface area contributed by atoms with Crippen LogP contribution in [0, 0.1) is 20.8 Å². The van der Waals surface area contributed by atoms with Gasteiger partial charge in [-0.1, -0.05) is 11.6 Å². The number of nitrogens with one attached hydrogen (secondary N) is 1. The molecule has 0 aromatic carbocycles. The van der Waals surface area contributed by atoms with E-state index in [1.54, 1.807) is 17.3 Å². The molecule has 224 valence electrons. The fraction of sp³-hybridized carbons (Fsp3) is 0.500. The van der Waals surface area contributed by atoms with Gasteiger partial charge in [-0.3, -0.25) is 14.9 Å². The Morgan fingerprint density at radius 2 is 1.81 bits per heavy atom. The molecule has 0 aliphatic carbocycles. The number of aryl methyl sites for hydroxylation is 2. The van der Waals surface area contributed by atoms with Crippen molar-refractivity contribution in [3.63, 3.8) is 0 Å². The maximum Gasteiger partial charge on any atom is 0.410 e. The Kier molecular flexibility index (Phi) is 10.5. The summed E-state index contributed by atoms with van der Waals surface area (Å²) in [7, 11) is 0. The first-order valence-electron chi connectivity index (χ1n) is 14.5. The second-order valence-electron chi connectivity index (χ2n) is 10.8. The molecule has 1 amide bonds. The summed E-state index contributed by atoms with van der Waals surface area (Å²) < 4.78 is 5.66. The Labute approximate surface area is 257 Å². The largest absolute Gasteiger partial charge is 0.443 e. The SMILES string of the molecule is Cc1nc(C)c(Cl)c(NCc2nccc(SCCCN3CCN(CC4CN(Cc5ccncc5)C(=O)O4)CC3)c2C)n1. The number of carbonyl (C=O) groups excluding carboxylic acids is 1. The topological polar surface area (TPSA) is 99.6 Å². The van der Waals surface area contributed by atoms with E-state index < -0.39 is 0 Å². The summed E-state index contributed by atoms with van der Waals surface area (Å²) >= 11 is 8.28. The number of ether oxygens (including phenoxy) is 1. The number of piperazine rings is 1. The molecule has 0 spiro atoms. The minimum atomic E-state index is -0.221. The van der Waals surface area contributed by atoms with Gasteiger partial charge in [0.1, 0.15) is 22.8 Å². The van der Waals surface area contributed by atoms with Gasteiger partial charge in [0.2, 0.25) is 0 Å². The van der Waals surface area contributed by atoms with E-state index in [4.69, 9.17) is 16.3 Å². The number of hydrogen-bond acceptors (Lipinski definition) is 10. The van der Waals surface area contributed by atoms with Gasteiger partial charge in [-0.2, -0.15) is 0 Å². The second kappa shape index (κ2) is 14.5. The molecule has 0 radical (unpaired) electrons. The quantitative estimate of drug-likeness (QED) is 0.232. The highest BCUT2D eigenvalue weighted by Crippen LogP contribution is 2.27. The second-order valence-corrected chi connectivity index (χ2v) is 12.4. The first-order chi connectivity index (χ1) is 20.4.